The molecule has 0 aromatic heterocycles. The maximum absolute atomic E-state index is 11.6. The van der Waals surface area contributed by atoms with Crippen LogP contribution in [0.2, 0.25) is 0 Å². The molecule has 1 aliphatic heterocycles. The quantitative estimate of drug-likeness (QED) is 0.661. The standard InChI is InChI=1S/C17H32O6/c1-10(2)21-16(20)8-11(3)6-7-12(4)22-17-15(19)9-14(18)13(5)23-17/h10-15,17-19H,6-9H2,1-5H3/t11-,12+,13-,14+,15+,17+/m0/s1. The average molecular weight is 332 g/mol. The van der Waals surface area contributed by atoms with Crippen LogP contribution in [-0.2, 0) is 19.0 Å². The van der Waals surface area contributed by atoms with Crippen molar-refractivity contribution in [2.45, 2.75) is 97.1 Å². The van der Waals surface area contributed by atoms with E-state index >= 15 is 0 Å². The third-order valence-corrected chi connectivity index (χ3v) is 4.00. The van der Waals surface area contributed by atoms with E-state index in [1.807, 2.05) is 27.7 Å². The van der Waals surface area contributed by atoms with E-state index in [1.54, 1.807) is 6.92 Å². The summed E-state index contributed by atoms with van der Waals surface area (Å²) in [5.41, 5.74) is 0. The normalized spacial score (nSPS) is 31.0. The first-order chi connectivity index (χ1) is 10.7. The average Bonchev–Trinajstić information content (AvgIpc) is 2.41. The van der Waals surface area contributed by atoms with Gasteiger partial charge in [0.1, 0.15) is 6.10 Å². The fraction of sp³-hybridized carbons (Fsp3) is 0.941. The van der Waals surface area contributed by atoms with Crippen LogP contribution < -0.4 is 0 Å². The summed E-state index contributed by atoms with van der Waals surface area (Å²) in [4.78, 5) is 11.6. The lowest BCUT2D eigenvalue weighted by Gasteiger charge is -2.36. The van der Waals surface area contributed by atoms with Crippen molar-refractivity contribution >= 4 is 5.97 Å². The van der Waals surface area contributed by atoms with Crippen molar-refractivity contribution in [2.75, 3.05) is 0 Å². The molecule has 2 N–H and O–H groups in total. The van der Waals surface area contributed by atoms with Gasteiger partial charge in [0, 0.05) is 12.8 Å². The highest BCUT2D eigenvalue weighted by Crippen LogP contribution is 2.23. The van der Waals surface area contributed by atoms with Gasteiger partial charge in [0.05, 0.1) is 24.4 Å². The van der Waals surface area contributed by atoms with Crippen molar-refractivity contribution in [1.29, 1.82) is 0 Å². The molecule has 23 heavy (non-hydrogen) atoms. The third kappa shape index (κ3) is 7.61. The Labute approximate surface area is 139 Å². The second-order valence-corrected chi connectivity index (χ2v) is 6.95. The predicted octanol–water partition coefficient (Wildman–Crippen LogP) is 2.01. The first-order valence-corrected chi connectivity index (χ1v) is 8.55. The smallest absolute Gasteiger partial charge is 0.306 e. The van der Waals surface area contributed by atoms with Crippen molar-refractivity contribution in [3.05, 3.63) is 0 Å². The Morgan fingerprint density at radius 1 is 1.17 bits per heavy atom. The van der Waals surface area contributed by atoms with E-state index < -0.39 is 18.5 Å². The van der Waals surface area contributed by atoms with Gasteiger partial charge in [-0.25, -0.2) is 0 Å². The van der Waals surface area contributed by atoms with Gasteiger partial charge in [0.15, 0.2) is 6.29 Å². The summed E-state index contributed by atoms with van der Waals surface area (Å²) in [6, 6.07) is 0. The number of aliphatic hydroxyl groups is 2. The molecular weight excluding hydrogens is 300 g/mol. The zero-order valence-corrected chi connectivity index (χ0v) is 14.9. The summed E-state index contributed by atoms with van der Waals surface area (Å²) in [6.45, 7) is 9.38. The van der Waals surface area contributed by atoms with Crippen molar-refractivity contribution in [1.82, 2.24) is 0 Å². The Bertz CT molecular complexity index is 359. The van der Waals surface area contributed by atoms with Gasteiger partial charge < -0.3 is 24.4 Å². The minimum Gasteiger partial charge on any atom is -0.463 e. The number of ether oxygens (including phenoxy) is 3. The molecule has 0 amide bonds. The van der Waals surface area contributed by atoms with Gasteiger partial charge >= 0.3 is 5.97 Å². The summed E-state index contributed by atoms with van der Waals surface area (Å²) >= 11 is 0. The van der Waals surface area contributed by atoms with Gasteiger partial charge in [0.25, 0.3) is 0 Å². The molecule has 6 nitrogen and oxygen atoms in total. The van der Waals surface area contributed by atoms with E-state index in [-0.39, 0.29) is 36.6 Å². The molecule has 0 aromatic carbocycles. The molecule has 6 heteroatoms. The highest BCUT2D eigenvalue weighted by Gasteiger charge is 2.35. The minimum absolute atomic E-state index is 0.0840. The van der Waals surface area contributed by atoms with Crippen molar-refractivity contribution in [3.8, 4) is 0 Å². The number of rotatable bonds is 8. The molecule has 0 unspecified atom stereocenters. The second kappa shape index (κ2) is 9.57. The molecule has 0 radical (unpaired) electrons. The molecule has 1 rings (SSSR count). The SMILES string of the molecule is CC(C)OC(=O)C[C@@H](C)CC[C@@H](C)O[C@@H]1O[C@@H](C)[C@H](O)C[C@H]1O. The number of hydrogen-bond donors (Lipinski definition) is 2. The van der Waals surface area contributed by atoms with Gasteiger partial charge in [-0.05, 0) is 46.5 Å². The molecule has 0 spiro atoms. The Morgan fingerprint density at radius 3 is 2.43 bits per heavy atom. The number of aliphatic hydroxyl groups excluding tert-OH is 2. The van der Waals surface area contributed by atoms with Crippen molar-refractivity contribution < 1.29 is 29.2 Å². The van der Waals surface area contributed by atoms with Gasteiger partial charge in [0.2, 0.25) is 0 Å². The Balaban J connectivity index is 2.28. The third-order valence-electron chi connectivity index (χ3n) is 4.00. The number of hydrogen-bond acceptors (Lipinski definition) is 6. The molecular formula is C17H32O6. The van der Waals surface area contributed by atoms with E-state index in [4.69, 9.17) is 14.2 Å². The fourth-order valence-corrected chi connectivity index (χ4v) is 2.58. The van der Waals surface area contributed by atoms with Gasteiger partial charge in [-0.2, -0.15) is 0 Å². The summed E-state index contributed by atoms with van der Waals surface area (Å²) in [5, 5.41) is 19.6. The van der Waals surface area contributed by atoms with E-state index in [0.717, 1.165) is 12.8 Å². The van der Waals surface area contributed by atoms with Crippen molar-refractivity contribution in [3.63, 3.8) is 0 Å². The second-order valence-electron chi connectivity index (χ2n) is 6.95. The molecule has 1 saturated heterocycles. The topological polar surface area (TPSA) is 85.2 Å². The summed E-state index contributed by atoms with van der Waals surface area (Å²) in [5.74, 6) is 0.0418. The molecule has 1 fully saturated rings. The van der Waals surface area contributed by atoms with Crippen molar-refractivity contribution in [2.24, 2.45) is 5.92 Å². The Hall–Kier alpha value is -0.690. The minimum atomic E-state index is -0.818. The lowest BCUT2D eigenvalue weighted by Crippen LogP contribution is -2.48. The molecule has 0 bridgehead atoms. The fourth-order valence-electron chi connectivity index (χ4n) is 2.58. The van der Waals surface area contributed by atoms with E-state index in [1.165, 1.54) is 0 Å². The zero-order valence-electron chi connectivity index (χ0n) is 14.9. The van der Waals surface area contributed by atoms with Crippen LogP contribution in [0.25, 0.3) is 0 Å². The lowest BCUT2D eigenvalue weighted by atomic mass is 9.99. The van der Waals surface area contributed by atoms with Gasteiger partial charge in [-0.15, -0.1) is 0 Å². The van der Waals surface area contributed by atoms with Crippen LogP contribution in [0.4, 0.5) is 0 Å². The summed E-state index contributed by atoms with van der Waals surface area (Å²) in [6.07, 6.45) is -0.458. The maximum atomic E-state index is 11.6. The monoisotopic (exact) mass is 332 g/mol. The maximum Gasteiger partial charge on any atom is 0.306 e. The zero-order chi connectivity index (χ0) is 17.6. The number of carbonyl (C=O) groups is 1. The summed E-state index contributed by atoms with van der Waals surface area (Å²) in [7, 11) is 0. The number of carbonyl (C=O) groups excluding carboxylic acids is 1. The molecule has 1 heterocycles. The lowest BCUT2D eigenvalue weighted by molar-refractivity contribution is -0.273. The molecule has 0 saturated carbocycles. The van der Waals surface area contributed by atoms with E-state index in [0.29, 0.717) is 6.42 Å². The molecule has 6 atom stereocenters. The van der Waals surface area contributed by atoms with Crippen LogP contribution in [0.5, 0.6) is 0 Å². The van der Waals surface area contributed by atoms with Crippen LogP contribution in [0.3, 0.4) is 0 Å². The first kappa shape index (κ1) is 20.4. The highest BCUT2D eigenvalue weighted by atomic mass is 16.7. The highest BCUT2D eigenvalue weighted by molar-refractivity contribution is 5.69. The van der Waals surface area contributed by atoms with Crippen LogP contribution >= 0.6 is 0 Å². The van der Waals surface area contributed by atoms with Crippen LogP contribution in [0.15, 0.2) is 0 Å². The molecule has 0 aromatic rings. The van der Waals surface area contributed by atoms with E-state index in [9.17, 15) is 15.0 Å². The Kier molecular flexibility index (Phi) is 8.47. The molecule has 1 aliphatic rings. The van der Waals surface area contributed by atoms with Crippen LogP contribution in [0, 0.1) is 5.92 Å². The summed E-state index contributed by atoms with van der Waals surface area (Å²) < 4.78 is 16.4. The van der Waals surface area contributed by atoms with E-state index in [2.05, 4.69) is 0 Å². The largest absolute Gasteiger partial charge is 0.463 e. The first-order valence-electron chi connectivity index (χ1n) is 8.55. The number of esters is 1. The molecule has 136 valence electrons. The van der Waals surface area contributed by atoms with Crippen LogP contribution in [0.1, 0.15) is 60.3 Å². The van der Waals surface area contributed by atoms with Gasteiger partial charge in [-0.1, -0.05) is 6.92 Å². The Morgan fingerprint density at radius 2 is 1.83 bits per heavy atom. The molecule has 0 aliphatic carbocycles. The van der Waals surface area contributed by atoms with Crippen LogP contribution in [-0.4, -0.2) is 53.0 Å². The predicted molar refractivity (Wildman–Crippen MR) is 85.8 cm³/mol. The van der Waals surface area contributed by atoms with Gasteiger partial charge in [-0.3, -0.25) is 4.79 Å².